The summed E-state index contributed by atoms with van der Waals surface area (Å²) < 4.78 is 0. The summed E-state index contributed by atoms with van der Waals surface area (Å²) in [6.07, 6.45) is 3.57. The summed E-state index contributed by atoms with van der Waals surface area (Å²) in [4.78, 5) is 4.10. The van der Waals surface area contributed by atoms with Gasteiger partial charge in [0.2, 0.25) is 0 Å². The largest absolute Gasteiger partial charge is 0.320 e. The van der Waals surface area contributed by atoms with Gasteiger partial charge in [0, 0.05) is 17.4 Å². The van der Waals surface area contributed by atoms with Crippen molar-refractivity contribution < 1.29 is 0 Å². The minimum absolute atomic E-state index is 0.174. The van der Waals surface area contributed by atoms with E-state index in [1.165, 1.54) is 0 Å². The van der Waals surface area contributed by atoms with Crippen LogP contribution in [0.3, 0.4) is 0 Å². The topological polar surface area (TPSA) is 38.9 Å². The number of rotatable bonds is 2. The van der Waals surface area contributed by atoms with Crippen LogP contribution in [0.2, 0.25) is 5.02 Å². The van der Waals surface area contributed by atoms with Crippen molar-refractivity contribution in [2.75, 3.05) is 0 Å². The van der Waals surface area contributed by atoms with E-state index in [1.54, 1.807) is 12.4 Å². The lowest BCUT2D eigenvalue weighted by molar-refractivity contribution is 0.853. The van der Waals surface area contributed by atoms with Crippen molar-refractivity contribution >= 4 is 11.6 Å². The van der Waals surface area contributed by atoms with Gasteiger partial charge in [0.1, 0.15) is 0 Å². The summed E-state index contributed by atoms with van der Waals surface area (Å²) in [7, 11) is 0. The quantitative estimate of drug-likeness (QED) is 0.864. The van der Waals surface area contributed by atoms with Crippen LogP contribution in [0, 0.1) is 6.92 Å². The average Bonchev–Trinajstić information content (AvgIpc) is 2.29. The van der Waals surface area contributed by atoms with Gasteiger partial charge in [0.05, 0.1) is 6.04 Å². The molecule has 2 aromatic rings. The lowest BCUT2D eigenvalue weighted by Gasteiger charge is -2.14. The molecule has 1 unspecified atom stereocenters. The van der Waals surface area contributed by atoms with Gasteiger partial charge in [-0.15, -0.1) is 0 Å². The van der Waals surface area contributed by atoms with E-state index in [0.29, 0.717) is 5.02 Å². The lowest BCUT2D eigenvalue weighted by Crippen LogP contribution is -2.13. The molecule has 0 fully saturated rings. The SMILES string of the molecule is Cc1ccncc1C(N)c1cccc(Cl)c1. The first-order chi connectivity index (χ1) is 7.68. The maximum Gasteiger partial charge on any atom is 0.0570 e. The fourth-order valence-corrected chi connectivity index (χ4v) is 1.88. The normalized spacial score (nSPS) is 12.4. The number of aromatic nitrogens is 1. The average molecular weight is 233 g/mol. The standard InChI is InChI=1S/C13H13ClN2/c1-9-5-6-16-8-12(9)13(15)10-3-2-4-11(14)7-10/h2-8,13H,15H2,1H3. The van der Waals surface area contributed by atoms with Gasteiger partial charge >= 0.3 is 0 Å². The fourth-order valence-electron chi connectivity index (χ4n) is 1.68. The Hall–Kier alpha value is -1.38. The van der Waals surface area contributed by atoms with E-state index >= 15 is 0 Å². The maximum atomic E-state index is 6.19. The number of pyridine rings is 1. The third-order valence-corrected chi connectivity index (χ3v) is 2.86. The van der Waals surface area contributed by atoms with Crippen LogP contribution in [0.5, 0.6) is 0 Å². The second kappa shape index (κ2) is 4.64. The Morgan fingerprint density at radius 2 is 2.12 bits per heavy atom. The highest BCUT2D eigenvalue weighted by molar-refractivity contribution is 6.30. The minimum atomic E-state index is -0.174. The van der Waals surface area contributed by atoms with E-state index in [0.717, 1.165) is 16.7 Å². The highest BCUT2D eigenvalue weighted by Crippen LogP contribution is 2.23. The molecule has 16 heavy (non-hydrogen) atoms. The molecular formula is C13H13ClN2. The summed E-state index contributed by atoms with van der Waals surface area (Å²) in [5, 5.41) is 0.703. The highest BCUT2D eigenvalue weighted by atomic mass is 35.5. The number of nitrogens with two attached hydrogens (primary N) is 1. The zero-order chi connectivity index (χ0) is 11.5. The molecule has 0 saturated carbocycles. The van der Waals surface area contributed by atoms with Crippen LogP contribution in [0.15, 0.2) is 42.7 Å². The summed E-state index contributed by atoms with van der Waals surface area (Å²) in [5.74, 6) is 0. The van der Waals surface area contributed by atoms with Gasteiger partial charge in [-0.1, -0.05) is 23.7 Å². The van der Waals surface area contributed by atoms with Crippen LogP contribution >= 0.6 is 11.6 Å². The molecule has 0 saturated heterocycles. The van der Waals surface area contributed by atoms with Crippen LogP contribution in [0.25, 0.3) is 0 Å². The first kappa shape index (κ1) is 11.1. The van der Waals surface area contributed by atoms with Crippen LogP contribution in [-0.2, 0) is 0 Å². The van der Waals surface area contributed by atoms with Gasteiger partial charge in [0.15, 0.2) is 0 Å². The molecule has 0 bridgehead atoms. The zero-order valence-corrected chi connectivity index (χ0v) is 9.78. The highest BCUT2D eigenvalue weighted by Gasteiger charge is 2.11. The third-order valence-electron chi connectivity index (χ3n) is 2.62. The van der Waals surface area contributed by atoms with Crippen LogP contribution in [-0.4, -0.2) is 4.98 Å². The molecule has 1 atom stereocenters. The van der Waals surface area contributed by atoms with Crippen molar-refractivity contribution in [3.8, 4) is 0 Å². The predicted octanol–water partition coefficient (Wildman–Crippen LogP) is 3.09. The molecule has 0 spiro atoms. The summed E-state index contributed by atoms with van der Waals surface area (Å²) in [5.41, 5.74) is 9.36. The Morgan fingerprint density at radius 3 is 2.81 bits per heavy atom. The van der Waals surface area contributed by atoms with Gasteiger partial charge in [0.25, 0.3) is 0 Å². The lowest BCUT2D eigenvalue weighted by atomic mass is 9.98. The molecule has 0 aliphatic carbocycles. The minimum Gasteiger partial charge on any atom is -0.320 e. The molecule has 2 N–H and O–H groups in total. The molecule has 2 nitrogen and oxygen atoms in total. The van der Waals surface area contributed by atoms with Crippen LogP contribution in [0.1, 0.15) is 22.7 Å². The van der Waals surface area contributed by atoms with Gasteiger partial charge in [-0.3, -0.25) is 4.98 Å². The van der Waals surface area contributed by atoms with E-state index in [2.05, 4.69) is 4.98 Å². The Morgan fingerprint density at radius 1 is 1.31 bits per heavy atom. The van der Waals surface area contributed by atoms with E-state index in [-0.39, 0.29) is 6.04 Å². The first-order valence-corrected chi connectivity index (χ1v) is 5.48. The molecule has 2 rings (SSSR count). The van der Waals surface area contributed by atoms with Crippen molar-refractivity contribution in [3.05, 3.63) is 64.4 Å². The number of benzene rings is 1. The molecule has 82 valence electrons. The number of hydrogen-bond donors (Lipinski definition) is 1. The molecule has 3 heteroatoms. The Kier molecular flexibility index (Phi) is 3.22. The Bertz CT molecular complexity index is 497. The van der Waals surface area contributed by atoms with Crippen LogP contribution in [0.4, 0.5) is 0 Å². The zero-order valence-electron chi connectivity index (χ0n) is 9.02. The second-order valence-corrected chi connectivity index (χ2v) is 4.20. The number of hydrogen-bond acceptors (Lipinski definition) is 2. The van der Waals surface area contributed by atoms with Crippen molar-refractivity contribution in [2.24, 2.45) is 5.73 Å². The molecule has 1 aromatic carbocycles. The molecule has 0 amide bonds. The van der Waals surface area contributed by atoms with Crippen molar-refractivity contribution in [1.29, 1.82) is 0 Å². The Balaban J connectivity index is 2.39. The summed E-state index contributed by atoms with van der Waals surface area (Å²) in [6.45, 7) is 2.03. The molecule has 1 aromatic heterocycles. The van der Waals surface area contributed by atoms with Gasteiger partial charge in [-0.2, -0.15) is 0 Å². The van der Waals surface area contributed by atoms with Gasteiger partial charge in [-0.05, 0) is 41.8 Å². The van der Waals surface area contributed by atoms with Crippen LogP contribution < -0.4 is 5.73 Å². The molecule has 0 aliphatic heterocycles. The molecule has 1 heterocycles. The van der Waals surface area contributed by atoms with Crippen molar-refractivity contribution in [2.45, 2.75) is 13.0 Å². The fraction of sp³-hybridized carbons (Fsp3) is 0.154. The maximum absolute atomic E-state index is 6.19. The first-order valence-electron chi connectivity index (χ1n) is 5.10. The predicted molar refractivity (Wildman–Crippen MR) is 66.5 cm³/mol. The second-order valence-electron chi connectivity index (χ2n) is 3.76. The third kappa shape index (κ3) is 2.23. The smallest absolute Gasteiger partial charge is 0.0570 e. The number of halogens is 1. The molecule has 0 radical (unpaired) electrons. The van der Waals surface area contributed by atoms with E-state index in [1.807, 2.05) is 37.3 Å². The van der Waals surface area contributed by atoms with Crippen molar-refractivity contribution in [1.82, 2.24) is 4.98 Å². The Labute approximate surface area is 100 Å². The summed E-state index contributed by atoms with van der Waals surface area (Å²) >= 11 is 5.94. The van der Waals surface area contributed by atoms with E-state index < -0.39 is 0 Å². The van der Waals surface area contributed by atoms with Gasteiger partial charge in [-0.25, -0.2) is 0 Å². The van der Waals surface area contributed by atoms with Crippen molar-refractivity contribution in [3.63, 3.8) is 0 Å². The molecular weight excluding hydrogens is 220 g/mol. The van der Waals surface area contributed by atoms with E-state index in [4.69, 9.17) is 17.3 Å². The molecule has 0 aliphatic rings. The van der Waals surface area contributed by atoms with E-state index in [9.17, 15) is 0 Å². The monoisotopic (exact) mass is 232 g/mol. The van der Waals surface area contributed by atoms with Gasteiger partial charge < -0.3 is 5.73 Å². The summed E-state index contributed by atoms with van der Waals surface area (Å²) in [6, 6.07) is 9.39. The number of aryl methyl sites for hydroxylation is 1. The number of nitrogens with zero attached hydrogens (tertiary/aromatic N) is 1.